The normalized spacial score (nSPS) is 19.7. The molecule has 4 nitrogen and oxygen atoms in total. The van der Waals surface area contributed by atoms with Gasteiger partial charge in [-0.25, -0.2) is 10.7 Å². The van der Waals surface area contributed by atoms with Crippen LogP contribution in [0.5, 0.6) is 5.75 Å². The van der Waals surface area contributed by atoms with Crippen molar-refractivity contribution in [1.82, 2.24) is 0 Å². The first-order chi connectivity index (χ1) is 24.0. The van der Waals surface area contributed by atoms with E-state index in [0.29, 0.717) is 6.04 Å². The summed E-state index contributed by atoms with van der Waals surface area (Å²) in [6, 6.07) is 26.8. The molecular formula is C46H57N3O. The molecule has 3 aliphatic rings. The van der Waals surface area contributed by atoms with Crippen molar-refractivity contribution >= 4 is 22.8 Å². The molecule has 2 heterocycles. The van der Waals surface area contributed by atoms with Gasteiger partial charge >= 0.3 is 0 Å². The minimum absolute atomic E-state index is 0.0839. The maximum absolute atomic E-state index is 6.94. The predicted molar refractivity (Wildman–Crippen MR) is 212 cm³/mol. The molecule has 0 radical (unpaired) electrons. The Hall–Kier alpha value is -4.31. The van der Waals surface area contributed by atoms with Gasteiger partial charge in [0.1, 0.15) is 18.0 Å². The first-order valence-corrected chi connectivity index (χ1v) is 18.9. The van der Waals surface area contributed by atoms with Gasteiger partial charge in [0, 0.05) is 60.2 Å². The van der Waals surface area contributed by atoms with Crippen molar-refractivity contribution in [2.24, 2.45) is 0 Å². The second-order valence-corrected chi connectivity index (χ2v) is 15.5. The van der Waals surface area contributed by atoms with Gasteiger partial charge in [0.25, 0.3) is 0 Å². The van der Waals surface area contributed by atoms with Crippen molar-refractivity contribution in [2.75, 3.05) is 29.9 Å². The Kier molecular flexibility index (Phi) is 10.3. The Labute approximate surface area is 302 Å². The van der Waals surface area contributed by atoms with E-state index in [2.05, 4.69) is 174 Å². The fourth-order valence-electron chi connectivity index (χ4n) is 7.97. The summed E-state index contributed by atoms with van der Waals surface area (Å²) in [4.78, 5) is 4.81. The molecule has 3 aromatic carbocycles. The van der Waals surface area contributed by atoms with Gasteiger partial charge in [-0.05, 0) is 88.1 Å². The molecule has 50 heavy (non-hydrogen) atoms. The van der Waals surface area contributed by atoms with Crippen LogP contribution in [0.3, 0.4) is 0 Å². The van der Waals surface area contributed by atoms with Crippen LogP contribution >= 0.6 is 0 Å². The Morgan fingerprint density at radius 3 is 2.26 bits per heavy atom. The Morgan fingerprint density at radius 1 is 0.860 bits per heavy atom. The van der Waals surface area contributed by atoms with E-state index < -0.39 is 0 Å². The molecule has 0 N–H and O–H groups in total. The molecule has 3 aromatic rings. The average Bonchev–Trinajstić information content (AvgIpc) is 3.45. The third kappa shape index (κ3) is 6.62. The monoisotopic (exact) mass is 667 g/mol. The fraction of sp³-hybridized carbons (Fsp3) is 0.413. The smallest absolute Gasteiger partial charge is 0.208 e. The van der Waals surface area contributed by atoms with Gasteiger partial charge in [0.15, 0.2) is 0 Å². The third-order valence-corrected chi connectivity index (χ3v) is 11.0. The van der Waals surface area contributed by atoms with Crippen LogP contribution in [0.4, 0.5) is 17.1 Å². The van der Waals surface area contributed by atoms with Crippen molar-refractivity contribution in [1.29, 1.82) is 0 Å². The van der Waals surface area contributed by atoms with E-state index in [1.54, 1.807) is 0 Å². The molecule has 0 bridgehead atoms. The van der Waals surface area contributed by atoms with Crippen molar-refractivity contribution in [3.05, 3.63) is 131 Å². The van der Waals surface area contributed by atoms with E-state index in [9.17, 15) is 0 Å². The zero-order chi connectivity index (χ0) is 35.6. The van der Waals surface area contributed by atoms with Crippen molar-refractivity contribution in [2.45, 2.75) is 104 Å². The van der Waals surface area contributed by atoms with Crippen LogP contribution in [-0.4, -0.2) is 36.5 Å². The number of fused-ring (bicyclic) bond motifs is 2. The molecule has 1 aliphatic carbocycles. The Balaban J connectivity index is 1.44. The summed E-state index contributed by atoms with van der Waals surface area (Å²) in [6.07, 6.45) is 16.0. The number of ether oxygens (including phenoxy) is 1. The van der Waals surface area contributed by atoms with Crippen LogP contribution in [-0.2, 0) is 10.8 Å². The Bertz CT molecular complexity index is 1860. The number of hydrogen-bond acceptors (Lipinski definition) is 3. The topological polar surface area (TPSA) is 18.7 Å². The zero-order valence-corrected chi connectivity index (χ0v) is 31.9. The van der Waals surface area contributed by atoms with Crippen LogP contribution < -0.4 is 14.5 Å². The van der Waals surface area contributed by atoms with Gasteiger partial charge in [0.2, 0.25) is 5.69 Å². The standard InChI is InChI=1S/C46H57N3O/c1-10-31-48-40-21-14-12-19-38(40)45(5,6)42(48)29-23-34-17-16-18-35(44(34)50-37-27-25-36(26-28-37)47(9)33(3)4)24-30-43-46(7,8)39-20-13-15-22-41(39)49(43)32-11-2/h12-15,19-29,33H,10-11,16-18,31-32H2,1-9H3. The number of benzene rings is 3. The van der Waals surface area contributed by atoms with Crippen LogP contribution in [0.2, 0.25) is 0 Å². The first kappa shape index (κ1) is 35.5. The van der Waals surface area contributed by atoms with E-state index in [-0.39, 0.29) is 10.8 Å². The van der Waals surface area contributed by atoms with Gasteiger partial charge < -0.3 is 14.5 Å². The summed E-state index contributed by atoms with van der Waals surface area (Å²) >= 11 is 0. The zero-order valence-electron chi connectivity index (χ0n) is 31.9. The van der Waals surface area contributed by atoms with E-state index in [1.165, 1.54) is 50.7 Å². The molecule has 0 aromatic heterocycles. The lowest BCUT2D eigenvalue weighted by Gasteiger charge is -2.29. The summed E-state index contributed by atoms with van der Waals surface area (Å²) in [5, 5.41) is 0. The van der Waals surface area contributed by atoms with Crippen LogP contribution in [0, 0.1) is 6.08 Å². The van der Waals surface area contributed by atoms with Crippen molar-refractivity contribution in [3.8, 4) is 5.75 Å². The first-order valence-electron chi connectivity index (χ1n) is 18.9. The Morgan fingerprint density at radius 2 is 1.56 bits per heavy atom. The van der Waals surface area contributed by atoms with E-state index >= 15 is 0 Å². The number of para-hydroxylation sites is 2. The van der Waals surface area contributed by atoms with Gasteiger partial charge in [-0.2, -0.15) is 11.6 Å². The van der Waals surface area contributed by atoms with Gasteiger partial charge in [-0.1, -0.05) is 83.0 Å². The van der Waals surface area contributed by atoms with Crippen molar-refractivity contribution in [3.63, 3.8) is 0 Å². The van der Waals surface area contributed by atoms with Gasteiger partial charge in [-0.15, -0.1) is 0 Å². The molecule has 0 amide bonds. The SMILES string of the molecule is CCCN1/C(=C/C=C2\CCCC(C=[C-]C3=[N+](CCC)c4ccccc4C3(C)C)=C2Oc2ccc(N(C)C(C)C)cc2)C(C)(C)c2ccccc21. The number of hydrogen-bond donors (Lipinski definition) is 0. The summed E-state index contributed by atoms with van der Waals surface area (Å²) < 4.78 is 9.41. The lowest BCUT2D eigenvalue weighted by molar-refractivity contribution is -0.437. The molecule has 0 fully saturated rings. The van der Waals surface area contributed by atoms with E-state index in [4.69, 9.17) is 4.74 Å². The average molecular weight is 668 g/mol. The summed E-state index contributed by atoms with van der Waals surface area (Å²) in [5.41, 5.74) is 11.4. The number of nitrogens with zero attached hydrogens (tertiary/aromatic N) is 3. The number of anilines is 2. The third-order valence-electron chi connectivity index (χ3n) is 11.0. The molecule has 2 aliphatic heterocycles. The van der Waals surface area contributed by atoms with Gasteiger partial charge in [-0.3, -0.25) is 0 Å². The molecule has 0 atom stereocenters. The second-order valence-electron chi connectivity index (χ2n) is 15.5. The van der Waals surface area contributed by atoms with Crippen LogP contribution in [0.1, 0.15) is 98.6 Å². The molecular weight excluding hydrogens is 611 g/mol. The molecule has 0 saturated heterocycles. The summed E-state index contributed by atoms with van der Waals surface area (Å²) in [5.74, 6) is 1.83. The van der Waals surface area contributed by atoms with E-state index in [0.717, 1.165) is 56.7 Å². The summed E-state index contributed by atoms with van der Waals surface area (Å²) in [6.45, 7) is 20.3. The molecule has 262 valence electrons. The molecule has 0 unspecified atom stereocenters. The maximum atomic E-state index is 6.94. The van der Waals surface area contributed by atoms with Crippen molar-refractivity contribution < 1.29 is 9.31 Å². The fourth-order valence-corrected chi connectivity index (χ4v) is 7.97. The predicted octanol–water partition coefficient (Wildman–Crippen LogP) is 11.2. The number of rotatable bonds is 11. The number of allylic oxidation sites excluding steroid dienone is 7. The molecule has 0 spiro atoms. The quantitative estimate of drug-likeness (QED) is 0.150. The molecule has 6 rings (SSSR count). The largest absolute Gasteiger partial charge is 0.476 e. The second kappa shape index (κ2) is 14.5. The summed E-state index contributed by atoms with van der Waals surface area (Å²) in [7, 11) is 2.14. The lowest BCUT2D eigenvalue weighted by Crippen LogP contribution is -2.28. The highest BCUT2D eigenvalue weighted by molar-refractivity contribution is 6.00. The molecule has 0 saturated carbocycles. The maximum Gasteiger partial charge on any atom is 0.208 e. The highest BCUT2D eigenvalue weighted by Gasteiger charge is 2.41. The molecule has 4 heteroatoms. The highest BCUT2D eigenvalue weighted by Crippen LogP contribution is 2.48. The van der Waals surface area contributed by atoms with Gasteiger partial charge in [0.05, 0.1) is 11.2 Å². The minimum atomic E-state index is -0.133. The highest BCUT2D eigenvalue weighted by atomic mass is 16.5. The minimum Gasteiger partial charge on any atom is -0.476 e. The van der Waals surface area contributed by atoms with Crippen LogP contribution in [0.15, 0.2) is 114 Å². The van der Waals surface area contributed by atoms with E-state index in [1.807, 2.05) is 0 Å². The van der Waals surface area contributed by atoms with Crippen LogP contribution in [0.25, 0.3) is 0 Å². The lowest BCUT2D eigenvalue weighted by atomic mass is 9.81.